The molecule has 2 fully saturated rings. The van der Waals surface area contributed by atoms with Crippen molar-refractivity contribution < 1.29 is 9.84 Å². The maximum absolute atomic E-state index is 9.62. The molecule has 0 aliphatic carbocycles. The van der Waals surface area contributed by atoms with Crippen molar-refractivity contribution in [3.8, 4) is 0 Å². The minimum Gasteiger partial charge on any atom is -0.393 e. The van der Waals surface area contributed by atoms with Crippen molar-refractivity contribution in [3.05, 3.63) is 35.4 Å². The van der Waals surface area contributed by atoms with Crippen molar-refractivity contribution in [2.24, 2.45) is 4.99 Å². The molecule has 3 N–H and O–H groups in total. The number of piperidine rings is 1. The first-order valence-electron chi connectivity index (χ1n) is 10.5. The van der Waals surface area contributed by atoms with Crippen molar-refractivity contribution in [2.45, 2.75) is 32.0 Å². The lowest BCUT2D eigenvalue weighted by Gasteiger charge is -2.29. The second-order valence-electron chi connectivity index (χ2n) is 7.63. The zero-order chi connectivity index (χ0) is 19.6. The largest absolute Gasteiger partial charge is 0.393 e. The summed E-state index contributed by atoms with van der Waals surface area (Å²) < 4.78 is 5.38. The quantitative estimate of drug-likeness (QED) is 0.288. The molecule has 0 unspecified atom stereocenters. The molecule has 0 aromatic heterocycles. The van der Waals surface area contributed by atoms with Gasteiger partial charge >= 0.3 is 0 Å². The van der Waals surface area contributed by atoms with Crippen molar-refractivity contribution in [2.75, 3.05) is 59.5 Å². The molecule has 0 saturated carbocycles. The van der Waals surface area contributed by atoms with E-state index in [9.17, 15) is 5.11 Å². The van der Waals surface area contributed by atoms with Gasteiger partial charge in [0.1, 0.15) is 0 Å². The fourth-order valence-corrected chi connectivity index (χ4v) is 3.66. The normalized spacial score (nSPS) is 19.6. The predicted octanol–water partition coefficient (Wildman–Crippen LogP) is 1.26. The van der Waals surface area contributed by atoms with Gasteiger partial charge in [0.05, 0.1) is 19.3 Å². The molecule has 0 amide bonds. The van der Waals surface area contributed by atoms with E-state index in [1.165, 1.54) is 11.1 Å². The number of guanidine groups is 1. The van der Waals surface area contributed by atoms with Gasteiger partial charge in [-0.15, -0.1) is 24.0 Å². The topological polar surface area (TPSA) is 72.4 Å². The number of hydrogen-bond donors (Lipinski definition) is 3. The van der Waals surface area contributed by atoms with E-state index in [2.05, 4.69) is 49.7 Å². The summed E-state index contributed by atoms with van der Waals surface area (Å²) in [5, 5.41) is 16.4. The van der Waals surface area contributed by atoms with Gasteiger partial charge in [-0.3, -0.25) is 14.8 Å². The Labute approximate surface area is 191 Å². The van der Waals surface area contributed by atoms with Crippen LogP contribution in [0.3, 0.4) is 0 Å². The fraction of sp³-hybridized carbons (Fsp3) is 0.667. The number of nitrogens with zero attached hydrogens (tertiary/aromatic N) is 3. The number of nitrogens with one attached hydrogen (secondary N) is 2. The highest BCUT2D eigenvalue weighted by Crippen LogP contribution is 2.14. The molecule has 0 atom stereocenters. The van der Waals surface area contributed by atoms with Crippen LogP contribution in [0, 0.1) is 0 Å². The Hall–Kier alpha value is -0.940. The first-order valence-corrected chi connectivity index (χ1v) is 10.5. The summed E-state index contributed by atoms with van der Waals surface area (Å²) in [6.45, 7) is 9.27. The van der Waals surface area contributed by atoms with Crippen molar-refractivity contribution >= 4 is 29.9 Å². The Morgan fingerprint density at radius 1 is 1.03 bits per heavy atom. The summed E-state index contributed by atoms with van der Waals surface area (Å²) >= 11 is 0. The van der Waals surface area contributed by atoms with E-state index in [0.717, 1.165) is 84.4 Å². The van der Waals surface area contributed by atoms with E-state index in [1.807, 2.05) is 7.05 Å². The van der Waals surface area contributed by atoms with E-state index in [1.54, 1.807) is 0 Å². The molecule has 0 bridgehead atoms. The summed E-state index contributed by atoms with van der Waals surface area (Å²) in [6, 6.07) is 8.78. The number of benzene rings is 1. The van der Waals surface area contributed by atoms with Crippen molar-refractivity contribution in [1.29, 1.82) is 0 Å². The van der Waals surface area contributed by atoms with Crippen molar-refractivity contribution in [1.82, 2.24) is 20.4 Å². The molecule has 0 spiro atoms. The lowest BCUT2D eigenvalue weighted by atomic mass is 10.1. The molecule has 2 aliphatic heterocycles. The van der Waals surface area contributed by atoms with Gasteiger partial charge in [-0.1, -0.05) is 24.3 Å². The first-order chi connectivity index (χ1) is 13.7. The molecule has 2 aliphatic rings. The van der Waals surface area contributed by atoms with Crippen LogP contribution in [0.2, 0.25) is 0 Å². The molecule has 1 aromatic rings. The Morgan fingerprint density at radius 3 is 2.34 bits per heavy atom. The zero-order valence-corrected chi connectivity index (χ0v) is 19.8. The highest BCUT2D eigenvalue weighted by atomic mass is 127. The fourth-order valence-electron chi connectivity index (χ4n) is 3.66. The van der Waals surface area contributed by atoms with E-state index in [4.69, 9.17) is 4.74 Å². The van der Waals surface area contributed by atoms with Crippen LogP contribution in [0.15, 0.2) is 29.3 Å². The average Bonchev–Trinajstić information content (AvgIpc) is 2.74. The van der Waals surface area contributed by atoms with Gasteiger partial charge in [0.2, 0.25) is 0 Å². The number of ether oxygens (including phenoxy) is 1. The van der Waals surface area contributed by atoms with Gasteiger partial charge in [0.15, 0.2) is 5.96 Å². The van der Waals surface area contributed by atoms with Gasteiger partial charge in [-0.05, 0) is 24.0 Å². The molecule has 8 heteroatoms. The molecule has 7 nitrogen and oxygen atoms in total. The van der Waals surface area contributed by atoms with E-state index in [-0.39, 0.29) is 30.1 Å². The number of aliphatic hydroxyl groups excluding tert-OH is 1. The number of hydrogen-bond acceptors (Lipinski definition) is 5. The third kappa shape index (κ3) is 8.75. The van der Waals surface area contributed by atoms with Gasteiger partial charge < -0.3 is 20.5 Å². The maximum atomic E-state index is 9.62. The lowest BCUT2D eigenvalue weighted by Crippen LogP contribution is -2.44. The van der Waals surface area contributed by atoms with Crippen LogP contribution < -0.4 is 10.6 Å². The van der Waals surface area contributed by atoms with E-state index in [0.29, 0.717) is 0 Å². The second kappa shape index (κ2) is 13.4. The number of halogens is 1. The Kier molecular flexibility index (Phi) is 11.2. The Bertz CT molecular complexity index is 600. The predicted molar refractivity (Wildman–Crippen MR) is 128 cm³/mol. The van der Waals surface area contributed by atoms with Crippen molar-refractivity contribution in [3.63, 3.8) is 0 Å². The highest BCUT2D eigenvalue weighted by Gasteiger charge is 2.16. The molecule has 164 valence electrons. The summed E-state index contributed by atoms with van der Waals surface area (Å²) in [5.41, 5.74) is 2.57. The van der Waals surface area contributed by atoms with Crippen LogP contribution in [-0.2, 0) is 17.8 Å². The Morgan fingerprint density at radius 2 is 1.69 bits per heavy atom. The molecule has 2 heterocycles. The first kappa shape index (κ1) is 24.3. The van der Waals surface area contributed by atoms with Crippen LogP contribution >= 0.6 is 24.0 Å². The minimum absolute atomic E-state index is 0. The number of likely N-dealkylation sites (tertiary alicyclic amines) is 1. The summed E-state index contributed by atoms with van der Waals surface area (Å²) in [6.07, 6.45) is 1.67. The second-order valence-corrected chi connectivity index (χ2v) is 7.63. The number of morpholine rings is 1. The van der Waals surface area contributed by atoms with Gasteiger partial charge in [-0.25, -0.2) is 0 Å². The molecule has 0 radical (unpaired) electrons. The zero-order valence-electron chi connectivity index (χ0n) is 17.5. The summed E-state index contributed by atoms with van der Waals surface area (Å²) in [4.78, 5) is 9.14. The number of rotatable bonds is 7. The number of aliphatic hydroxyl groups is 1. The van der Waals surface area contributed by atoms with Gasteiger partial charge in [0, 0.05) is 59.4 Å². The monoisotopic (exact) mass is 517 g/mol. The van der Waals surface area contributed by atoms with Crippen LogP contribution in [0.1, 0.15) is 24.0 Å². The minimum atomic E-state index is -0.110. The van der Waals surface area contributed by atoms with Crippen LogP contribution in [0.5, 0.6) is 0 Å². The molecular formula is C21H36IN5O2. The van der Waals surface area contributed by atoms with Crippen LogP contribution in [0.25, 0.3) is 0 Å². The average molecular weight is 517 g/mol. The molecule has 1 aromatic carbocycles. The Balaban J connectivity index is 0.00000300. The third-order valence-corrected chi connectivity index (χ3v) is 5.49. The summed E-state index contributed by atoms with van der Waals surface area (Å²) in [5.74, 6) is 0.837. The van der Waals surface area contributed by atoms with Crippen LogP contribution in [-0.4, -0.2) is 86.5 Å². The standard InChI is InChI=1S/C21H35N5O2.HI/c1-22-21(23-8-11-25-12-14-28-15-13-25)24-16-18-2-4-19(5-3-18)17-26-9-6-20(27)7-10-26;/h2-5,20,27H,6-17H2,1H3,(H2,22,23,24);1H. The number of aliphatic imine (C=N–C) groups is 1. The molecule has 29 heavy (non-hydrogen) atoms. The van der Waals surface area contributed by atoms with E-state index < -0.39 is 0 Å². The molecular weight excluding hydrogens is 481 g/mol. The molecule has 2 saturated heterocycles. The lowest BCUT2D eigenvalue weighted by molar-refractivity contribution is 0.0389. The van der Waals surface area contributed by atoms with Gasteiger partial charge in [0.25, 0.3) is 0 Å². The smallest absolute Gasteiger partial charge is 0.191 e. The third-order valence-electron chi connectivity index (χ3n) is 5.49. The van der Waals surface area contributed by atoms with E-state index >= 15 is 0 Å². The van der Waals surface area contributed by atoms with Crippen LogP contribution in [0.4, 0.5) is 0 Å². The SMILES string of the molecule is CN=C(NCCN1CCOCC1)NCc1ccc(CN2CCC(O)CC2)cc1.I. The highest BCUT2D eigenvalue weighted by molar-refractivity contribution is 14.0. The summed E-state index contributed by atoms with van der Waals surface area (Å²) in [7, 11) is 1.81. The molecule has 3 rings (SSSR count). The maximum Gasteiger partial charge on any atom is 0.191 e. The van der Waals surface area contributed by atoms with Gasteiger partial charge in [-0.2, -0.15) is 0 Å².